The second kappa shape index (κ2) is 10.7. The van der Waals surface area contributed by atoms with Gasteiger partial charge in [-0.3, -0.25) is 0 Å². The Hall–Kier alpha value is -6.18. The molecule has 2 aliphatic rings. The predicted molar refractivity (Wildman–Crippen MR) is 226 cm³/mol. The van der Waals surface area contributed by atoms with Gasteiger partial charge < -0.3 is 4.90 Å². The van der Waals surface area contributed by atoms with E-state index in [9.17, 15) is 0 Å². The molecule has 2 aliphatic carbocycles. The van der Waals surface area contributed by atoms with E-state index in [0.717, 1.165) is 11.4 Å². The van der Waals surface area contributed by atoms with Crippen molar-refractivity contribution in [3.63, 3.8) is 0 Å². The number of hydrogen-bond acceptors (Lipinski definition) is 1. The van der Waals surface area contributed by atoms with Gasteiger partial charge in [0.1, 0.15) is 0 Å². The molecule has 53 heavy (non-hydrogen) atoms. The molecule has 0 fully saturated rings. The number of fused-ring (bicyclic) bond motifs is 15. The third-order valence-corrected chi connectivity index (χ3v) is 12.6. The molecule has 0 spiro atoms. The molecule has 252 valence electrons. The van der Waals surface area contributed by atoms with E-state index >= 15 is 0 Å². The quantitative estimate of drug-likeness (QED) is 0.168. The van der Waals surface area contributed by atoms with Crippen molar-refractivity contribution in [2.24, 2.45) is 0 Å². The van der Waals surface area contributed by atoms with Crippen molar-refractivity contribution in [3.8, 4) is 22.3 Å². The number of nitrogens with zero attached hydrogens (tertiary/aromatic N) is 1. The standard InChI is InChI=1S/C52H39N/c1-51(2)44-29-26-32-16-8-9-19-35(32)48(44)49-39-23-13-11-21-37(39)46(31-45(49)51)53(33-17-6-5-7-18-33)34-27-28-40-42(30-34)36-20-10-12-22-38(36)47-41-24-14-15-25-43(41)52(3,4)50(40)47/h5-31H,1-4H3. The van der Waals surface area contributed by atoms with E-state index in [1.165, 1.54) is 93.3 Å². The molecule has 0 amide bonds. The van der Waals surface area contributed by atoms with Crippen molar-refractivity contribution in [1.29, 1.82) is 0 Å². The zero-order valence-electron chi connectivity index (χ0n) is 30.5. The highest BCUT2D eigenvalue weighted by atomic mass is 15.1. The van der Waals surface area contributed by atoms with Gasteiger partial charge in [-0.2, -0.15) is 0 Å². The zero-order chi connectivity index (χ0) is 35.6. The highest BCUT2D eigenvalue weighted by Crippen LogP contribution is 2.58. The van der Waals surface area contributed by atoms with Gasteiger partial charge in [-0.15, -0.1) is 0 Å². The number of benzene rings is 9. The summed E-state index contributed by atoms with van der Waals surface area (Å²) in [7, 11) is 0. The Morgan fingerprint density at radius 3 is 1.77 bits per heavy atom. The van der Waals surface area contributed by atoms with E-state index in [-0.39, 0.29) is 10.8 Å². The first-order valence-electron chi connectivity index (χ1n) is 18.9. The monoisotopic (exact) mass is 677 g/mol. The summed E-state index contributed by atoms with van der Waals surface area (Å²) in [5.74, 6) is 0. The summed E-state index contributed by atoms with van der Waals surface area (Å²) in [5, 5.41) is 10.4. The van der Waals surface area contributed by atoms with E-state index in [4.69, 9.17) is 0 Å². The molecule has 9 aromatic carbocycles. The van der Waals surface area contributed by atoms with Crippen LogP contribution in [-0.2, 0) is 10.8 Å². The molecule has 0 aliphatic heterocycles. The van der Waals surface area contributed by atoms with E-state index in [2.05, 4.69) is 196 Å². The largest absolute Gasteiger partial charge is 0.310 e. The lowest BCUT2D eigenvalue weighted by molar-refractivity contribution is 0.661. The van der Waals surface area contributed by atoms with Crippen LogP contribution in [0.15, 0.2) is 164 Å². The van der Waals surface area contributed by atoms with Crippen LogP contribution in [0.4, 0.5) is 17.1 Å². The van der Waals surface area contributed by atoms with Gasteiger partial charge in [-0.1, -0.05) is 161 Å². The van der Waals surface area contributed by atoms with Crippen LogP contribution in [0.25, 0.3) is 65.3 Å². The smallest absolute Gasteiger partial charge is 0.0543 e. The van der Waals surface area contributed by atoms with Crippen molar-refractivity contribution >= 4 is 60.2 Å². The minimum atomic E-state index is -0.170. The minimum Gasteiger partial charge on any atom is -0.310 e. The van der Waals surface area contributed by atoms with Crippen LogP contribution in [0, 0.1) is 0 Å². The predicted octanol–water partition coefficient (Wildman–Crippen LogP) is 14.4. The molecule has 0 atom stereocenters. The van der Waals surface area contributed by atoms with Gasteiger partial charge in [0, 0.05) is 27.6 Å². The third-order valence-electron chi connectivity index (χ3n) is 12.6. The molecule has 0 aromatic heterocycles. The Bertz CT molecular complexity index is 3000. The maximum Gasteiger partial charge on any atom is 0.0543 e. The lowest BCUT2D eigenvalue weighted by Crippen LogP contribution is -2.17. The van der Waals surface area contributed by atoms with Gasteiger partial charge in [0.15, 0.2) is 0 Å². The summed E-state index contributed by atoms with van der Waals surface area (Å²) in [6.45, 7) is 9.60. The molecule has 0 radical (unpaired) electrons. The lowest BCUT2D eigenvalue weighted by atomic mass is 9.79. The van der Waals surface area contributed by atoms with Gasteiger partial charge in [-0.05, 0) is 113 Å². The van der Waals surface area contributed by atoms with Crippen LogP contribution in [0.5, 0.6) is 0 Å². The van der Waals surface area contributed by atoms with Crippen LogP contribution in [-0.4, -0.2) is 0 Å². The first-order valence-corrected chi connectivity index (χ1v) is 18.9. The molecule has 11 rings (SSSR count). The highest BCUT2D eigenvalue weighted by Gasteiger charge is 2.40. The first kappa shape index (κ1) is 30.4. The van der Waals surface area contributed by atoms with Crippen molar-refractivity contribution in [2.75, 3.05) is 4.90 Å². The van der Waals surface area contributed by atoms with Gasteiger partial charge in [0.25, 0.3) is 0 Å². The average molecular weight is 678 g/mol. The van der Waals surface area contributed by atoms with Crippen molar-refractivity contribution in [2.45, 2.75) is 38.5 Å². The Morgan fingerprint density at radius 1 is 0.358 bits per heavy atom. The summed E-state index contributed by atoms with van der Waals surface area (Å²) in [4.78, 5) is 2.50. The molecular weight excluding hydrogens is 639 g/mol. The molecule has 0 bridgehead atoms. The van der Waals surface area contributed by atoms with Crippen molar-refractivity contribution in [3.05, 3.63) is 186 Å². The summed E-state index contributed by atoms with van der Waals surface area (Å²) >= 11 is 0. The molecule has 1 nitrogen and oxygen atoms in total. The molecule has 0 unspecified atom stereocenters. The van der Waals surface area contributed by atoms with E-state index < -0.39 is 0 Å². The Balaban J connectivity index is 1.22. The summed E-state index contributed by atoms with van der Waals surface area (Å²) in [6, 6.07) is 61.3. The topological polar surface area (TPSA) is 3.24 Å². The minimum absolute atomic E-state index is 0.115. The molecule has 0 N–H and O–H groups in total. The van der Waals surface area contributed by atoms with Gasteiger partial charge in [0.05, 0.1) is 5.69 Å². The SMILES string of the molecule is CC1(C)c2ccc3ccccc3c2-c2c1cc(N(c1ccccc1)c1ccc3c4c(c5ccccc5c3c1)-c1ccccc1C4(C)C)c1ccccc21. The fourth-order valence-corrected chi connectivity index (χ4v) is 10.1. The maximum absolute atomic E-state index is 2.50. The van der Waals surface area contributed by atoms with Gasteiger partial charge in [0.2, 0.25) is 0 Å². The summed E-state index contributed by atoms with van der Waals surface area (Å²) < 4.78 is 0. The number of rotatable bonds is 3. The summed E-state index contributed by atoms with van der Waals surface area (Å²) in [5.41, 5.74) is 14.3. The molecule has 1 heteroatoms. The van der Waals surface area contributed by atoms with E-state index in [1.54, 1.807) is 0 Å². The number of hydrogen-bond donors (Lipinski definition) is 0. The second-order valence-corrected chi connectivity index (χ2v) is 16.1. The highest BCUT2D eigenvalue weighted by molar-refractivity contribution is 6.20. The third kappa shape index (κ3) is 4.03. The lowest BCUT2D eigenvalue weighted by Gasteiger charge is -2.30. The molecular formula is C52H39N. The first-order chi connectivity index (χ1) is 25.8. The maximum atomic E-state index is 2.50. The van der Waals surface area contributed by atoms with Crippen LogP contribution >= 0.6 is 0 Å². The Labute approximate surface area is 310 Å². The van der Waals surface area contributed by atoms with Gasteiger partial charge >= 0.3 is 0 Å². The normalized spacial score (nSPS) is 14.7. The van der Waals surface area contributed by atoms with Crippen LogP contribution in [0.1, 0.15) is 49.9 Å². The molecule has 9 aromatic rings. The average Bonchev–Trinajstić information content (AvgIpc) is 3.58. The Kier molecular flexibility index (Phi) is 6.14. The van der Waals surface area contributed by atoms with Crippen molar-refractivity contribution in [1.82, 2.24) is 0 Å². The number of para-hydroxylation sites is 1. The van der Waals surface area contributed by atoms with Crippen LogP contribution < -0.4 is 4.90 Å². The zero-order valence-corrected chi connectivity index (χ0v) is 30.5. The molecule has 0 saturated heterocycles. The van der Waals surface area contributed by atoms with E-state index in [0.29, 0.717) is 0 Å². The van der Waals surface area contributed by atoms with E-state index in [1.807, 2.05) is 0 Å². The second-order valence-electron chi connectivity index (χ2n) is 16.1. The fraction of sp³-hybridized carbons (Fsp3) is 0.115. The van der Waals surface area contributed by atoms with Crippen LogP contribution in [0.3, 0.4) is 0 Å². The van der Waals surface area contributed by atoms with Crippen LogP contribution in [0.2, 0.25) is 0 Å². The molecule has 0 saturated carbocycles. The Morgan fingerprint density at radius 2 is 0.981 bits per heavy atom. The summed E-state index contributed by atoms with van der Waals surface area (Å²) in [6.07, 6.45) is 0. The fourth-order valence-electron chi connectivity index (χ4n) is 10.1. The van der Waals surface area contributed by atoms with Gasteiger partial charge in [-0.25, -0.2) is 0 Å². The van der Waals surface area contributed by atoms with Crippen molar-refractivity contribution < 1.29 is 0 Å². The molecule has 0 heterocycles. The number of anilines is 3.